The molecule has 4 heteroatoms. The molecule has 0 spiro atoms. The van der Waals surface area contributed by atoms with Gasteiger partial charge in [-0.25, -0.2) is 8.60 Å². The van der Waals surface area contributed by atoms with Gasteiger partial charge in [0.05, 0.1) is 4.75 Å². The highest BCUT2D eigenvalue weighted by atomic mass is 32.2. The van der Waals surface area contributed by atoms with Crippen molar-refractivity contribution in [2.45, 2.75) is 32.4 Å². The monoisotopic (exact) mass is 241 g/mol. The Bertz CT molecular complexity index is 435. The first kappa shape index (κ1) is 13.0. The molecule has 88 valence electrons. The molecule has 1 rings (SSSR count). The molecule has 0 saturated heterocycles. The second kappa shape index (κ2) is 4.87. The first-order chi connectivity index (χ1) is 7.30. The summed E-state index contributed by atoms with van der Waals surface area (Å²) in [7, 11) is -1.31. The topological polar surface area (TPSA) is 29.4 Å². The van der Waals surface area contributed by atoms with E-state index in [4.69, 9.17) is 0 Å². The molecule has 1 atom stereocenters. The van der Waals surface area contributed by atoms with Crippen LogP contribution in [0.4, 0.5) is 4.39 Å². The molecule has 0 amide bonds. The van der Waals surface area contributed by atoms with Crippen molar-refractivity contribution < 1.29 is 8.60 Å². The van der Waals surface area contributed by atoms with Crippen LogP contribution < -0.4 is 0 Å². The number of benzene rings is 1. The molecule has 16 heavy (non-hydrogen) atoms. The van der Waals surface area contributed by atoms with Gasteiger partial charge >= 0.3 is 0 Å². The van der Waals surface area contributed by atoms with E-state index in [9.17, 15) is 8.60 Å². The van der Waals surface area contributed by atoms with Crippen LogP contribution in [0.2, 0.25) is 0 Å². The van der Waals surface area contributed by atoms with Gasteiger partial charge in [-0.15, -0.1) is 0 Å². The normalized spacial score (nSPS) is 14.3. The fourth-order valence-electron chi connectivity index (χ4n) is 1.01. The van der Waals surface area contributed by atoms with E-state index >= 15 is 0 Å². The minimum absolute atomic E-state index is 0.311. The number of aryl methyl sites for hydroxylation is 1. The number of rotatable bonds is 2. The summed E-state index contributed by atoms with van der Waals surface area (Å²) in [6, 6.07) is 4.46. The van der Waals surface area contributed by atoms with Gasteiger partial charge in [-0.1, -0.05) is 6.07 Å². The van der Waals surface area contributed by atoms with Crippen molar-refractivity contribution in [1.29, 1.82) is 0 Å². The van der Waals surface area contributed by atoms with Crippen LogP contribution in [-0.4, -0.2) is 15.2 Å². The average molecular weight is 241 g/mol. The molecule has 2 nitrogen and oxygen atoms in total. The van der Waals surface area contributed by atoms with E-state index < -0.39 is 15.7 Å². The molecular formula is C12H16FNOS. The first-order valence-corrected chi connectivity index (χ1v) is 6.13. The van der Waals surface area contributed by atoms with Crippen LogP contribution in [0.25, 0.3) is 0 Å². The maximum atomic E-state index is 13.0. The van der Waals surface area contributed by atoms with Crippen LogP contribution in [-0.2, 0) is 11.0 Å². The van der Waals surface area contributed by atoms with E-state index in [2.05, 4.69) is 4.40 Å². The van der Waals surface area contributed by atoms with Crippen molar-refractivity contribution >= 4 is 17.2 Å². The van der Waals surface area contributed by atoms with Crippen LogP contribution in [0.15, 0.2) is 22.6 Å². The van der Waals surface area contributed by atoms with Crippen LogP contribution >= 0.6 is 0 Å². The summed E-state index contributed by atoms with van der Waals surface area (Å²) in [5.41, 5.74) is 1.58. The third-order valence-corrected chi connectivity index (χ3v) is 3.40. The summed E-state index contributed by atoms with van der Waals surface area (Å²) in [6.45, 7) is 7.40. The molecule has 0 bridgehead atoms. The highest BCUT2D eigenvalue weighted by Crippen LogP contribution is 2.13. The van der Waals surface area contributed by atoms with Gasteiger partial charge in [-0.2, -0.15) is 4.40 Å². The first-order valence-electron chi connectivity index (χ1n) is 5.03. The van der Waals surface area contributed by atoms with Crippen molar-refractivity contribution in [3.05, 3.63) is 35.1 Å². The van der Waals surface area contributed by atoms with Gasteiger partial charge in [0.2, 0.25) is 0 Å². The Morgan fingerprint density at radius 2 is 2.00 bits per heavy atom. The summed E-state index contributed by atoms with van der Waals surface area (Å²) in [5.74, 6) is -0.311. The van der Waals surface area contributed by atoms with Gasteiger partial charge in [0.25, 0.3) is 0 Å². The molecule has 1 aromatic carbocycles. The van der Waals surface area contributed by atoms with Gasteiger partial charge in [0.1, 0.15) is 16.8 Å². The summed E-state index contributed by atoms with van der Waals surface area (Å²) in [5, 5.41) is 0. The molecule has 0 aliphatic carbocycles. The number of nitrogens with zero attached hydrogens (tertiary/aromatic N) is 1. The van der Waals surface area contributed by atoms with E-state index in [0.29, 0.717) is 5.56 Å². The lowest BCUT2D eigenvalue weighted by Gasteiger charge is -2.12. The molecule has 0 aromatic heterocycles. The minimum Gasteiger partial charge on any atom is -0.234 e. The lowest BCUT2D eigenvalue weighted by atomic mass is 10.1. The van der Waals surface area contributed by atoms with E-state index in [1.165, 1.54) is 18.3 Å². The van der Waals surface area contributed by atoms with Crippen molar-refractivity contribution in [3.8, 4) is 0 Å². The Balaban J connectivity index is 2.93. The quantitative estimate of drug-likeness (QED) is 0.732. The van der Waals surface area contributed by atoms with Gasteiger partial charge in [-0.05, 0) is 51.0 Å². The smallest absolute Gasteiger partial charge is 0.144 e. The van der Waals surface area contributed by atoms with E-state index in [0.717, 1.165) is 5.56 Å². The lowest BCUT2D eigenvalue weighted by Crippen LogP contribution is -2.19. The zero-order valence-corrected chi connectivity index (χ0v) is 10.8. The Morgan fingerprint density at radius 1 is 1.38 bits per heavy atom. The van der Waals surface area contributed by atoms with Crippen LogP contribution in [0.3, 0.4) is 0 Å². The molecule has 0 N–H and O–H groups in total. The summed E-state index contributed by atoms with van der Waals surface area (Å²) < 4.78 is 28.2. The molecule has 1 aromatic rings. The fraction of sp³-hybridized carbons (Fsp3) is 0.417. The predicted molar refractivity (Wildman–Crippen MR) is 66.6 cm³/mol. The van der Waals surface area contributed by atoms with Crippen LogP contribution in [0.1, 0.15) is 31.9 Å². The molecule has 0 saturated carbocycles. The van der Waals surface area contributed by atoms with Crippen molar-refractivity contribution in [2.75, 3.05) is 0 Å². The van der Waals surface area contributed by atoms with Crippen molar-refractivity contribution in [3.63, 3.8) is 0 Å². The SMILES string of the molecule is Cc1ccc(F)cc1C=N[S@@](=O)C(C)(C)C. The molecule has 0 radical (unpaired) electrons. The van der Waals surface area contributed by atoms with E-state index in [1.807, 2.05) is 27.7 Å². The Hall–Kier alpha value is -1.03. The largest absolute Gasteiger partial charge is 0.234 e. The third kappa shape index (κ3) is 3.52. The predicted octanol–water partition coefficient (Wildman–Crippen LogP) is 3.02. The molecule has 0 aliphatic heterocycles. The molecule has 0 unspecified atom stereocenters. The third-order valence-electron chi connectivity index (χ3n) is 2.05. The molecule has 0 fully saturated rings. The van der Waals surface area contributed by atoms with Crippen LogP contribution in [0, 0.1) is 12.7 Å². The van der Waals surface area contributed by atoms with Gasteiger partial charge in [-0.3, -0.25) is 0 Å². The molecule has 0 aliphatic rings. The number of halogens is 1. The summed E-state index contributed by atoms with van der Waals surface area (Å²) in [6.07, 6.45) is 1.47. The zero-order chi connectivity index (χ0) is 12.3. The van der Waals surface area contributed by atoms with Gasteiger partial charge in [0.15, 0.2) is 0 Å². The lowest BCUT2D eigenvalue weighted by molar-refractivity contribution is 0.627. The summed E-state index contributed by atoms with van der Waals surface area (Å²) >= 11 is 0. The average Bonchev–Trinajstić information content (AvgIpc) is 2.17. The van der Waals surface area contributed by atoms with E-state index in [-0.39, 0.29) is 5.82 Å². The van der Waals surface area contributed by atoms with E-state index in [1.54, 1.807) is 6.07 Å². The maximum absolute atomic E-state index is 13.0. The highest BCUT2D eigenvalue weighted by molar-refractivity contribution is 7.85. The second-order valence-electron chi connectivity index (χ2n) is 4.60. The maximum Gasteiger partial charge on any atom is 0.144 e. The van der Waals surface area contributed by atoms with Gasteiger partial charge in [0, 0.05) is 6.21 Å². The van der Waals surface area contributed by atoms with Crippen molar-refractivity contribution in [2.24, 2.45) is 4.40 Å². The van der Waals surface area contributed by atoms with Crippen molar-refractivity contribution in [1.82, 2.24) is 0 Å². The fourth-order valence-corrected chi connectivity index (χ4v) is 1.54. The number of hydrogen-bond acceptors (Lipinski definition) is 1. The minimum atomic E-state index is -1.31. The van der Waals surface area contributed by atoms with Gasteiger partial charge < -0.3 is 0 Å². The zero-order valence-electron chi connectivity index (χ0n) is 9.95. The molecular weight excluding hydrogens is 225 g/mol. The highest BCUT2D eigenvalue weighted by Gasteiger charge is 2.18. The standard InChI is InChI=1S/C12H16FNOS/c1-9-5-6-11(13)7-10(9)8-14-16(15)12(2,3)4/h5-8H,1-4H3/t16-/m0/s1. The number of hydrogen-bond donors (Lipinski definition) is 0. The second-order valence-corrected chi connectivity index (χ2v) is 6.53. The van der Waals surface area contributed by atoms with Crippen LogP contribution in [0.5, 0.6) is 0 Å². The summed E-state index contributed by atoms with van der Waals surface area (Å²) in [4.78, 5) is 0. The Labute approximate surface area is 98.2 Å². The molecule has 0 heterocycles. The Morgan fingerprint density at radius 3 is 2.56 bits per heavy atom. The Kier molecular flexibility index (Phi) is 3.97.